The maximum atomic E-state index is 15.1. The lowest BCUT2D eigenvalue weighted by atomic mass is 10.0. The quantitative estimate of drug-likeness (QED) is 0.00863. The van der Waals surface area contributed by atoms with E-state index in [1.54, 1.807) is 60.8 Å². The molecule has 2 saturated heterocycles. The molecule has 4 heterocycles. The summed E-state index contributed by atoms with van der Waals surface area (Å²) in [6.45, 7) is 0.481. The third-order valence-electron chi connectivity index (χ3n) is 18.1. The van der Waals surface area contributed by atoms with Crippen LogP contribution in [0.3, 0.4) is 0 Å². The van der Waals surface area contributed by atoms with E-state index in [0.717, 1.165) is 4.90 Å². The molecule has 110 heavy (non-hydrogen) atoms. The molecule has 6 rings (SSSR count). The van der Waals surface area contributed by atoms with Crippen molar-refractivity contribution in [3.8, 4) is 0 Å². The van der Waals surface area contributed by atoms with E-state index in [1.165, 1.54) is 36.2 Å². The molecule has 600 valence electrons. The van der Waals surface area contributed by atoms with Gasteiger partial charge in [0.1, 0.15) is 60.4 Å². The summed E-state index contributed by atoms with van der Waals surface area (Å²) in [5.74, 6) is -14.2. The zero-order valence-electron chi connectivity index (χ0n) is 61.1. The molecule has 4 aromatic rings. The molecule has 40 heteroatoms. The van der Waals surface area contributed by atoms with Gasteiger partial charge in [0.15, 0.2) is 5.96 Å². The summed E-state index contributed by atoms with van der Waals surface area (Å²) in [7, 11) is 0. The molecule has 0 radical (unpaired) electrons. The number of nitrogens with zero attached hydrogens (tertiary/aromatic N) is 5. The number of carbonyl (C=O) groups excluding carboxylic acids is 12. The molecule has 0 unspecified atom stereocenters. The second kappa shape index (κ2) is 44.6. The number of unbranched alkanes of at least 4 members (excludes halogenated alkanes) is 1. The number of carbonyl (C=O) groups is 15. The average molecular weight is 1570 g/mol. The fourth-order valence-corrected chi connectivity index (χ4v) is 13.2. The number of thiol groups is 2. The van der Waals surface area contributed by atoms with Gasteiger partial charge in [-0.3, -0.25) is 81.8 Å². The summed E-state index contributed by atoms with van der Waals surface area (Å²) < 4.78 is 0. The van der Waals surface area contributed by atoms with Gasteiger partial charge in [-0.05, 0) is 101 Å². The minimum atomic E-state index is -1.73. The highest BCUT2D eigenvalue weighted by Gasteiger charge is 2.45. The number of hydrogen-bond donors (Lipinski definition) is 20. The van der Waals surface area contributed by atoms with Gasteiger partial charge < -0.3 is 105 Å². The van der Waals surface area contributed by atoms with E-state index in [4.69, 9.17) is 27.4 Å². The first kappa shape index (κ1) is 88.0. The number of hydrogen-bond acceptors (Lipinski definition) is 21. The number of rotatable bonds is 46. The van der Waals surface area contributed by atoms with Gasteiger partial charge in [0.25, 0.3) is 0 Å². The Balaban J connectivity index is 1.20. The van der Waals surface area contributed by atoms with Crippen LogP contribution < -0.4 is 70.4 Å². The van der Waals surface area contributed by atoms with Gasteiger partial charge in [-0.1, -0.05) is 48.5 Å². The Bertz CT molecular complexity index is 3870. The van der Waals surface area contributed by atoms with Crippen LogP contribution in [0.4, 0.5) is 0 Å². The van der Waals surface area contributed by atoms with Crippen LogP contribution in [0, 0.1) is 0 Å². The number of aliphatic carboxylic acids is 3. The van der Waals surface area contributed by atoms with Gasteiger partial charge in [0.05, 0.1) is 32.4 Å². The fourth-order valence-electron chi connectivity index (χ4n) is 12.7. The lowest BCUT2D eigenvalue weighted by molar-refractivity contribution is -0.148. The molecule has 0 saturated carbocycles. The monoisotopic (exact) mass is 1570 g/mol. The topological polar surface area (TPSA) is 582 Å². The van der Waals surface area contributed by atoms with Gasteiger partial charge >= 0.3 is 17.9 Å². The van der Waals surface area contributed by atoms with Crippen LogP contribution in [-0.4, -0.2) is 270 Å². The van der Waals surface area contributed by atoms with E-state index in [0.29, 0.717) is 47.0 Å². The Morgan fingerprint density at radius 3 is 1.74 bits per heavy atom. The first-order chi connectivity index (χ1) is 52.5. The van der Waals surface area contributed by atoms with Crippen molar-refractivity contribution in [2.75, 3.05) is 63.9 Å². The van der Waals surface area contributed by atoms with Gasteiger partial charge in [-0.2, -0.15) is 25.3 Å². The van der Waals surface area contributed by atoms with Crippen LogP contribution in [0.1, 0.15) is 101 Å². The van der Waals surface area contributed by atoms with Crippen molar-refractivity contribution < 1.29 is 87.2 Å². The number of nitrogens with two attached hydrogens (primary N) is 3. The second-order valence-electron chi connectivity index (χ2n) is 26.8. The lowest BCUT2D eigenvalue weighted by Gasteiger charge is -2.33. The van der Waals surface area contributed by atoms with Crippen molar-refractivity contribution in [3.63, 3.8) is 0 Å². The largest absolute Gasteiger partial charge is 0.481 e. The van der Waals surface area contributed by atoms with Gasteiger partial charge in [-0.25, -0.2) is 4.98 Å². The number of H-pyrrole nitrogens is 2. The van der Waals surface area contributed by atoms with Crippen molar-refractivity contribution in [1.29, 1.82) is 0 Å². The molecule has 11 atom stereocenters. The van der Waals surface area contributed by atoms with Crippen molar-refractivity contribution in [2.24, 2.45) is 22.2 Å². The van der Waals surface area contributed by atoms with Crippen molar-refractivity contribution in [3.05, 3.63) is 90.1 Å². The number of aliphatic imine (C=N–C) groups is 1. The number of benzene rings is 2. The molecule has 12 amide bonds. The number of fused-ring (bicyclic) bond motifs is 1. The highest BCUT2D eigenvalue weighted by atomic mass is 32.1. The SMILES string of the molecule is CC(=O)N[C@@H](CCS)C(=O)N[C@@H](Cc1cnc[nH]1)C(=O)N[C@H](Cc1ccccc1)C(=O)N[C@@H](CCCN=C(N)N)C(=O)N[C@@H](Cc1c[nH]c2ccccc12)C(=O)N[C@@H](CS)C(=O)N1CCC[C@H]1C(=O)N1CCC[C@H]1C(=O)N[C@@H](CCCCN)C(=O)N[C@@H](CC(=O)O)C(=O)N[C@H](C)CNC(=O)CN(CC(=O)O)CC(=O)O. The predicted molar refractivity (Wildman–Crippen MR) is 405 cm³/mol. The second-order valence-corrected chi connectivity index (χ2v) is 27.6. The Hall–Kier alpha value is -10.9. The molecule has 0 bridgehead atoms. The molecule has 2 fully saturated rings. The third-order valence-corrected chi connectivity index (χ3v) is 18.7. The Morgan fingerprint density at radius 2 is 1.15 bits per heavy atom. The van der Waals surface area contributed by atoms with Crippen LogP contribution in [0.25, 0.3) is 10.9 Å². The number of likely N-dealkylation sites (tertiary alicyclic amines) is 2. The Kier molecular flexibility index (Phi) is 35.7. The molecule has 21 N–H and O–H groups in total. The summed E-state index contributed by atoms with van der Waals surface area (Å²) in [5.41, 5.74) is 19.3. The number of guanidine groups is 1. The fraction of sp³-hybridized carbons (Fsp3) is 0.529. The Labute approximate surface area is 644 Å². The van der Waals surface area contributed by atoms with Crippen LogP contribution in [0.5, 0.6) is 0 Å². The molecule has 2 aliphatic rings. The van der Waals surface area contributed by atoms with Crippen molar-refractivity contribution >= 4 is 131 Å². The van der Waals surface area contributed by atoms with E-state index < -0.39 is 181 Å². The smallest absolute Gasteiger partial charge is 0.317 e. The minimum absolute atomic E-state index is 0.0145. The van der Waals surface area contributed by atoms with E-state index in [1.807, 2.05) is 0 Å². The first-order valence-corrected chi connectivity index (χ1v) is 37.2. The van der Waals surface area contributed by atoms with Crippen LogP contribution in [-0.2, 0) is 91.2 Å². The molecule has 2 aliphatic heterocycles. The van der Waals surface area contributed by atoms with Crippen LogP contribution in [0.15, 0.2) is 78.3 Å². The molecule has 0 aliphatic carbocycles. The average Bonchev–Trinajstić information content (AvgIpc) is 1.64. The van der Waals surface area contributed by atoms with Crippen LogP contribution in [0.2, 0.25) is 0 Å². The zero-order valence-corrected chi connectivity index (χ0v) is 62.9. The van der Waals surface area contributed by atoms with Crippen molar-refractivity contribution in [2.45, 2.75) is 170 Å². The maximum absolute atomic E-state index is 15.1. The standard InChI is InChI=1S/C70H100N20O18S2/c1-39(31-77-56(92)34-88(35-58(95)96)36-59(97)98)79-63(102)52(30-57(93)94)86-60(99)46(17-8-9-22-71)82-67(106)54-19-11-24-89(54)69(108)55-20-12-25-90(55)68(107)53(37-110)87-65(104)50(28-42-32-76-45-16-7-6-15-44(42)45)84-61(100)47(18-10-23-75-70(72)73)81-64(103)49(27-41-13-4-3-5-14-41)83-66(105)51(29-43-33-74-38-78-43)85-62(101)48(21-26-109)80-40(2)91/h3-7,13-16,32-33,38-39,46-55,76,109-110H,8-12,17-31,34-37,71H2,1-2H3,(H,74,78)(H,77,92)(H,79,102)(H,80,91)(H,81,103)(H,82,106)(H,83,105)(H,84,100)(H,85,101)(H,86,99)(H,87,104)(H,93,94)(H,95,96)(H,97,98)(H4,72,73,75)/t39-,46+,47+,48+,49-,50+,51+,52+,53+,54+,55+/m1/s1. The summed E-state index contributed by atoms with van der Waals surface area (Å²) in [6, 6.07) is 1.04. The summed E-state index contributed by atoms with van der Waals surface area (Å²) in [4.78, 5) is 222. The number of para-hydroxylation sites is 1. The number of carboxylic acids is 3. The minimum Gasteiger partial charge on any atom is -0.481 e. The molecule has 0 spiro atoms. The zero-order chi connectivity index (χ0) is 80.6. The van der Waals surface area contributed by atoms with Gasteiger partial charge in [-0.15, -0.1) is 0 Å². The lowest BCUT2D eigenvalue weighted by Crippen LogP contribution is -2.61. The highest BCUT2D eigenvalue weighted by molar-refractivity contribution is 7.80. The molecule has 2 aromatic heterocycles. The summed E-state index contributed by atoms with van der Waals surface area (Å²) in [6.07, 6.45) is 4.57. The van der Waals surface area contributed by atoms with Crippen molar-refractivity contribution in [1.82, 2.24) is 82.8 Å². The van der Waals surface area contributed by atoms with Gasteiger partial charge in [0, 0.05) is 93.2 Å². The number of aromatic amines is 2. The first-order valence-electron chi connectivity index (χ1n) is 36.0. The molecular weight excluding hydrogens is 1470 g/mol. The van der Waals surface area contributed by atoms with E-state index >= 15 is 9.59 Å². The summed E-state index contributed by atoms with van der Waals surface area (Å²) in [5, 5.41) is 55.1. The van der Waals surface area contributed by atoms with E-state index in [9.17, 15) is 67.4 Å². The normalized spacial score (nSPS) is 16.4. The van der Waals surface area contributed by atoms with Gasteiger partial charge in [0.2, 0.25) is 70.9 Å². The number of amides is 12. The summed E-state index contributed by atoms with van der Waals surface area (Å²) >= 11 is 8.73. The molecular formula is C70H100N20O18S2. The molecule has 2 aromatic carbocycles. The molecule has 38 nitrogen and oxygen atoms in total. The Morgan fingerprint density at radius 1 is 0.600 bits per heavy atom. The number of carboxylic acid groups (broad SMARTS) is 3. The number of aromatic nitrogens is 3. The number of imidazole rings is 1. The van der Waals surface area contributed by atoms with Crippen LogP contribution >= 0.6 is 25.3 Å². The van der Waals surface area contributed by atoms with E-state index in [2.05, 4.69) is 98.4 Å². The maximum Gasteiger partial charge on any atom is 0.317 e. The highest BCUT2D eigenvalue weighted by Crippen LogP contribution is 2.27. The predicted octanol–water partition coefficient (Wildman–Crippen LogP) is -4.20. The third kappa shape index (κ3) is 28.3. The number of nitrogens with one attached hydrogen (secondary N) is 12. The van der Waals surface area contributed by atoms with E-state index in [-0.39, 0.29) is 114 Å².